The minimum absolute atomic E-state index is 0.124. The molecule has 0 unspecified atom stereocenters. The summed E-state index contributed by atoms with van der Waals surface area (Å²) in [5, 5.41) is 2.90. The molecule has 24 heavy (non-hydrogen) atoms. The molecule has 2 rings (SSSR count). The van der Waals surface area contributed by atoms with Crippen molar-refractivity contribution < 1.29 is 14.3 Å². The first kappa shape index (κ1) is 18.2. The number of carbonyl (C=O) groups excluding carboxylic acids is 1. The fourth-order valence-corrected chi connectivity index (χ4v) is 2.93. The second-order valence-electron chi connectivity index (χ2n) is 5.24. The molecular weight excluding hydrogens is 322 g/mol. The summed E-state index contributed by atoms with van der Waals surface area (Å²) in [6.45, 7) is 2.36. The summed E-state index contributed by atoms with van der Waals surface area (Å²) >= 11 is 1.79. The second-order valence-corrected chi connectivity index (χ2v) is 6.35. The number of methoxy groups -OCH3 is 1. The number of carbonyl (C=O) groups is 1. The van der Waals surface area contributed by atoms with Gasteiger partial charge < -0.3 is 14.8 Å². The quantitative estimate of drug-likeness (QED) is 0.707. The van der Waals surface area contributed by atoms with E-state index in [0.717, 1.165) is 11.5 Å². The summed E-state index contributed by atoms with van der Waals surface area (Å²) in [5.74, 6) is 2.88. The van der Waals surface area contributed by atoms with E-state index < -0.39 is 6.10 Å². The molecule has 0 aromatic heterocycles. The minimum atomic E-state index is -0.569. The van der Waals surface area contributed by atoms with Gasteiger partial charge in [-0.05, 0) is 24.6 Å². The molecule has 0 spiro atoms. The van der Waals surface area contributed by atoms with E-state index in [1.54, 1.807) is 37.9 Å². The largest absolute Gasteiger partial charge is 0.493 e. The maximum Gasteiger partial charge on any atom is 0.260 e. The van der Waals surface area contributed by atoms with Crippen LogP contribution < -0.4 is 14.8 Å². The van der Waals surface area contributed by atoms with Gasteiger partial charge >= 0.3 is 0 Å². The van der Waals surface area contributed by atoms with Crippen molar-refractivity contribution >= 4 is 17.7 Å². The van der Waals surface area contributed by atoms with Crippen molar-refractivity contribution in [3.63, 3.8) is 0 Å². The van der Waals surface area contributed by atoms with Gasteiger partial charge in [-0.25, -0.2) is 0 Å². The molecule has 2 aromatic rings. The van der Waals surface area contributed by atoms with Crippen LogP contribution in [0.1, 0.15) is 12.5 Å². The van der Waals surface area contributed by atoms with Gasteiger partial charge in [0.15, 0.2) is 17.6 Å². The highest BCUT2D eigenvalue weighted by molar-refractivity contribution is 7.98. The third kappa shape index (κ3) is 5.81. The molecule has 1 atom stereocenters. The molecule has 2 aromatic carbocycles. The van der Waals surface area contributed by atoms with Crippen LogP contribution in [0.4, 0.5) is 0 Å². The van der Waals surface area contributed by atoms with Gasteiger partial charge in [-0.1, -0.05) is 42.5 Å². The van der Waals surface area contributed by atoms with E-state index in [4.69, 9.17) is 9.47 Å². The average molecular weight is 345 g/mol. The van der Waals surface area contributed by atoms with Gasteiger partial charge in [0.25, 0.3) is 5.91 Å². The van der Waals surface area contributed by atoms with E-state index in [1.165, 1.54) is 5.56 Å². The first-order valence-electron chi connectivity index (χ1n) is 7.89. The number of hydrogen-bond donors (Lipinski definition) is 1. The predicted molar refractivity (Wildman–Crippen MR) is 98.7 cm³/mol. The van der Waals surface area contributed by atoms with Crippen molar-refractivity contribution in [1.82, 2.24) is 5.32 Å². The Bertz CT molecular complexity index is 634. The maximum absolute atomic E-state index is 12.1. The van der Waals surface area contributed by atoms with Crippen molar-refractivity contribution in [3.8, 4) is 11.5 Å². The molecule has 128 valence electrons. The van der Waals surface area contributed by atoms with Crippen molar-refractivity contribution in [2.45, 2.75) is 18.8 Å². The van der Waals surface area contributed by atoms with Gasteiger partial charge in [0.05, 0.1) is 7.11 Å². The standard InChI is InChI=1S/C19H23NO3S/c1-15(23-18-11-7-6-10-17(18)22-2)19(21)20-12-13-24-14-16-8-4-3-5-9-16/h3-11,15H,12-14H2,1-2H3,(H,20,21)/t15-/m1/s1. The van der Waals surface area contributed by atoms with Gasteiger partial charge in [-0.15, -0.1) is 0 Å². The first-order chi connectivity index (χ1) is 11.7. The monoisotopic (exact) mass is 345 g/mol. The summed E-state index contributed by atoms with van der Waals surface area (Å²) in [7, 11) is 1.58. The SMILES string of the molecule is COc1ccccc1O[C@H](C)C(=O)NCCSCc1ccccc1. The minimum Gasteiger partial charge on any atom is -0.493 e. The first-order valence-corrected chi connectivity index (χ1v) is 9.05. The van der Waals surface area contributed by atoms with Crippen molar-refractivity contribution in [2.24, 2.45) is 0 Å². The van der Waals surface area contributed by atoms with E-state index in [2.05, 4.69) is 17.4 Å². The summed E-state index contributed by atoms with van der Waals surface area (Å²) in [4.78, 5) is 12.1. The van der Waals surface area contributed by atoms with E-state index in [0.29, 0.717) is 18.0 Å². The highest BCUT2D eigenvalue weighted by atomic mass is 32.2. The molecular formula is C19H23NO3S. The van der Waals surface area contributed by atoms with Crippen LogP contribution in [0, 0.1) is 0 Å². The van der Waals surface area contributed by atoms with Crippen LogP contribution in [0.15, 0.2) is 54.6 Å². The molecule has 0 bridgehead atoms. The molecule has 0 aliphatic rings. The predicted octanol–water partition coefficient (Wildman–Crippen LogP) is 3.51. The highest BCUT2D eigenvalue weighted by Crippen LogP contribution is 2.26. The van der Waals surface area contributed by atoms with E-state index in [1.807, 2.05) is 30.3 Å². The van der Waals surface area contributed by atoms with Crippen molar-refractivity contribution in [2.75, 3.05) is 19.4 Å². The van der Waals surface area contributed by atoms with Crippen molar-refractivity contribution in [3.05, 3.63) is 60.2 Å². The zero-order valence-electron chi connectivity index (χ0n) is 14.0. The Kier molecular flexibility index (Phi) is 7.49. The fourth-order valence-electron chi connectivity index (χ4n) is 2.11. The Balaban J connectivity index is 1.68. The number of hydrogen-bond acceptors (Lipinski definition) is 4. The van der Waals surface area contributed by atoms with Crippen LogP contribution in [-0.2, 0) is 10.5 Å². The lowest BCUT2D eigenvalue weighted by atomic mass is 10.2. The molecule has 0 aliphatic heterocycles. The van der Waals surface area contributed by atoms with Crippen LogP contribution in [0.2, 0.25) is 0 Å². The number of nitrogens with one attached hydrogen (secondary N) is 1. The zero-order valence-corrected chi connectivity index (χ0v) is 14.8. The lowest BCUT2D eigenvalue weighted by Gasteiger charge is -2.16. The van der Waals surface area contributed by atoms with Crippen molar-refractivity contribution in [1.29, 1.82) is 0 Å². The Morgan fingerprint density at radius 2 is 1.75 bits per heavy atom. The van der Waals surface area contributed by atoms with Gasteiger partial charge in [-0.2, -0.15) is 11.8 Å². The lowest BCUT2D eigenvalue weighted by molar-refractivity contribution is -0.127. The Morgan fingerprint density at radius 1 is 1.08 bits per heavy atom. The van der Waals surface area contributed by atoms with E-state index in [9.17, 15) is 4.79 Å². The molecule has 0 saturated carbocycles. The van der Waals surface area contributed by atoms with Gasteiger partial charge in [0.2, 0.25) is 0 Å². The topological polar surface area (TPSA) is 47.6 Å². The molecule has 1 N–H and O–H groups in total. The van der Waals surface area contributed by atoms with Crippen LogP contribution in [0.5, 0.6) is 11.5 Å². The molecule has 0 aliphatic carbocycles. The highest BCUT2D eigenvalue weighted by Gasteiger charge is 2.15. The molecule has 0 saturated heterocycles. The van der Waals surface area contributed by atoms with E-state index in [-0.39, 0.29) is 5.91 Å². The molecule has 1 amide bonds. The van der Waals surface area contributed by atoms with Crippen LogP contribution in [-0.4, -0.2) is 31.4 Å². The van der Waals surface area contributed by atoms with Gasteiger partial charge in [0, 0.05) is 18.1 Å². The smallest absolute Gasteiger partial charge is 0.260 e. The van der Waals surface area contributed by atoms with Crippen LogP contribution >= 0.6 is 11.8 Å². The summed E-state index contributed by atoms with van der Waals surface area (Å²) < 4.78 is 10.9. The Morgan fingerprint density at radius 3 is 2.46 bits per heavy atom. The maximum atomic E-state index is 12.1. The number of thioether (sulfide) groups is 1. The summed E-state index contributed by atoms with van der Waals surface area (Å²) in [6, 6.07) is 17.6. The third-order valence-electron chi connectivity index (χ3n) is 3.40. The normalized spacial score (nSPS) is 11.6. The summed E-state index contributed by atoms with van der Waals surface area (Å²) in [5.41, 5.74) is 1.29. The summed E-state index contributed by atoms with van der Waals surface area (Å²) in [6.07, 6.45) is -0.569. The van der Waals surface area contributed by atoms with Crippen LogP contribution in [0.25, 0.3) is 0 Å². The average Bonchev–Trinajstić information content (AvgIpc) is 2.62. The number of amides is 1. The molecule has 4 nitrogen and oxygen atoms in total. The number of para-hydroxylation sites is 2. The van der Waals surface area contributed by atoms with E-state index >= 15 is 0 Å². The van der Waals surface area contributed by atoms with Crippen LogP contribution in [0.3, 0.4) is 0 Å². The number of benzene rings is 2. The van der Waals surface area contributed by atoms with Gasteiger partial charge in [0.1, 0.15) is 0 Å². The fraction of sp³-hybridized carbons (Fsp3) is 0.316. The molecule has 5 heteroatoms. The third-order valence-corrected chi connectivity index (χ3v) is 4.43. The lowest BCUT2D eigenvalue weighted by Crippen LogP contribution is -2.37. The Hall–Kier alpha value is -2.14. The number of ether oxygens (including phenoxy) is 2. The Labute approximate surface area is 147 Å². The van der Waals surface area contributed by atoms with Gasteiger partial charge in [-0.3, -0.25) is 4.79 Å². The second kappa shape index (κ2) is 9.88. The molecule has 0 fully saturated rings. The zero-order chi connectivity index (χ0) is 17.2. The molecule has 0 heterocycles. The number of rotatable bonds is 9. The molecule has 0 radical (unpaired) electrons.